The second-order valence-corrected chi connectivity index (χ2v) is 4.37. The predicted octanol–water partition coefficient (Wildman–Crippen LogP) is 2.57. The van der Waals surface area contributed by atoms with Crippen molar-refractivity contribution < 1.29 is 9.47 Å². The zero-order valence-electron chi connectivity index (χ0n) is 10.4. The molecule has 3 nitrogen and oxygen atoms in total. The minimum atomic E-state index is 0.165. The summed E-state index contributed by atoms with van der Waals surface area (Å²) in [5.41, 5.74) is 8.59. The van der Waals surface area contributed by atoms with Crippen LogP contribution in [-0.4, -0.2) is 19.8 Å². The van der Waals surface area contributed by atoms with Crippen LogP contribution < -0.4 is 5.73 Å². The average molecular weight is 235 g/mol. The van der Waals surface area contributed by atoms with Crippen molar-refractivity contribution >= 4 is 0 Å². The molecule has 94 valence electrons. The lowest BCUT2D eigenvalue weighted by atomic mass is 9.86. The van der Waals surface area contributed by atoms with Crippen LogP contribution in [-0.2, 0) is 9.47 Å². The summed E-state index contributed by atoms with van der Waals surface area (Å²) in [4.78, 5) is 0. The number of ether oxygens (including phenoxy) is 2. The van der Waals surface area contributed by atoms with Crippen molar-refractivity contribution in [1.82, 2.24) is 0 Å². The van der Waals surface area contributed by atoms with Crippen LogP contribution in [0.2, 0.25) is 0 Å². The monoisotopic (exact) mass is 235 g/mol. The van der Waals surface area contributed by atoms with Gasteiger partial charge in [0.05, 0.1) is 19.3 Å². The molecule has 1 aliphatic carbocycles. The maximum atomic E-state index is 6.10. The van der Waals surface area contributed by atoms with Gasteiger partial charge in [-0.05, 0) is 30.9 Å². The first-order valence-electron chi connectivity index (χ1n) is 6.36. The fourth-order valence-corrected chi connectivity index (χ4v) is 2.35. The molecule has 0 fully saturated rings. The highest BCUT2D eigenvalue weighted by atomic mass is 16.5. The van der Waals surface area contributed by atoms with Gasteiger partial charge in [0.2, 0.25) is 0 Å². The molecule has 0 spiro atoms. The van der Waals surface area contributed by atoms with Gasteiger partial charge in [-0.25, -0.2) is 0 Å². The topological polar surface area (TPSA) is 44.5 Å². The van der Waals surface area contributed by atoms with Crippen molar-refractivity contribution in [3.05, 3.63) is 35.4 Å². The van der Waals surface area contributed by atoms with Gasteiger partial charge in [-0.2, -0.15) is 0 Å². The lowest BCUT2D eigenvalue weighted by molar-refractivity contribution is -0.00233. The summed E-state index contributed by atoms with van der Waals surface area (Å²) >= 11 is 0. The highest BCUT2D eigenvalue weighted by molar-refractivity contribution is 5.33. The number of nitrogens with two attached hydrogens (primary N) is 1. The van der Waals surface area contributed by atoms with Crippen LogP contribution in [0.25, 0.3) is 0 Å². The molecule has 0 radical (unpaired) electrons. The van der Waals surface area contributed by atoms with Crippen LogP contribution in [0.1, 0.15) is 43.0 Å². The Morgan fingerprint density at radius 3 is 2.71 bits per heavy atom. The molecule has 1 aromatic carbocycles. The molecule has 0 aliphatic heterocycles. The summed E-state index contributed by atoms with van der Waals surface area (Å²) in [5.74, 6) is 0. The third kappa shape index (κ3) is 3.06. The molecule has 0 aromatic heterocycles. The van der Waals surface area contributed by atoms with Crippen LogP contribution in [0.15, 0.2) is 24.3 Å². The molecule has 17 heavy (non-hydrogen) atoms. The van der Waals surface area contributed by atoms with Crippen LogP contribution in [0.4, 0.5) is 0 Å². The van der Waals surface area contributed by atoms with Gasteiger partial charge < -0.3 is 15.2 Å². The van der Waals surface area contributed by atoms with Gasteiger partial charge in [-0.1, -0.05) is 24.3 Å². The van der Waals surface area contributed by atoms with Crippen molar-refractivity contribution in [3.63, 3.8) is 0 Å². The Hall–Kier alpha value is -0.900. The first kappa shape index (κ1) is 12.6. The molecule has 2 atom stereocenters. The fourth-order valence-electron chi connectivity index (χ4n) is 2.35. The van der Waals surface area contributed by atoms with Gasteiger partial charge in [0, 0.05) is 12.6 Å². The Labute approximate surface area is 103 Å². The Balaban J connectivity index is 1.98. The van der Waals surface area contributed by atoms with Crippen molar-refractivity contribution in [2.75, 3.05) is 19.8 Å². The van der Waals surface area contributed by atoms with Gasteiger partial charge in [0.25, 0.3) is 0 Å². The van der Waals surface area contributed by atoms with Gasteiger partial charge in [-0.3, -0.25) is 0 Å². The molecule has 0 saturated carbocycles. The van der Waals surface area contributed by atoms with E-state index in [2.05, 4.69) is 18.2 Å². The van der Waals surface area contributed by atoms with E-state index in [-0.39, 0.29) is 12.1 Å². The van der Waals surface area contributed by atoms with Crippen molar-refractivity contribution in [1.29, 1.82) is 0 Å². The average Bonchev–Trinajstić information content (AvgIpc) is 2.37. The van der Waals surface area contributed by atoms with E-state index in [1.165, 1.54) is 11.1 Å². The molecular weight excluding hydrogens is 214 g/mol. The maximum Gasteiger partial charge on any atom is 0.0830 e. The molecule has 0 bridgehead atoms. The Morgan fingerprint density at radius 1 is 1.18 bits per heavy atom. The molecule has 2 rings (SSSR count). The van der Waals surface area contributed by atoms with E-state index < -0.39 is 0 Å². The minimum absolute atomic E-state index is 0.165. The van der Waals surface area contributed by atoms with Gasteiger partial charge in [0.1, 0.15) is 0 Å². The maximum absolute atomic E-state index is 6.10. The third-order valence-electron chi connectivity index (χ3n) is 3.23. The largest absolute Gasteiger partial charge is 0.379 e. The SMILES string of the molecule is CCOCCOC1CCC(N)c2ccccc21. The molecule has 0 saturated heterocycles. The predicted molar refractivity (Wildman–Crippen MR) is 67.8 cm³/mol. The first-order chi connectivity index (χ1) is 8.33. The molecule has 2 N–H and O–H groups in total. The van der Waals surface area contributed by atoms with Gasteiger partial charge >= 0.3 is 0 Å². The molecule has 3 heteroatoms. The summed E-state index contributed by atoms with van der Waals surface area (Å²) in [6.07, 6.45) is 2.19. The third-order valence-corrected chi connectivity index (χ3v) is 3.23. The van der Waals surface area contributed by atoms with Crippen LogP contribution in [0.3, 0.4) is 0 Å². The number of hydrogen-bond acceptors (Lipinski definition) is 3. The highest BCUT2D eigenvalue weighted by Crippen LogP contribution is 2.36. The number of benzene rings is 1. The lowest BCUT2D eigenvalue weighted by Crippen LogP contribution is -2.22. The Morgan fingerprint density at radius 2 is 1.94 bits per heavy atom. The van der Waals surface area contributed by atoms with E-state index in [1.54, 1.807) is 0 Å². The van der Waals surface area contributed by atoms with E-state index in [4.69, 9.17) is 15.2 Å². The van der Waals surface area contributed by atoms with E-state index in [9.17, 15) is 0 Å². The van der Waals surface area contributed by atoms with Crippen molar-refractivity contribution in [2.45, 2.75) is 31.9 Å². The van der Waals surface area contributed by atoms with Gasteiger partial charge in [0.15, 0.2) is 0 Å². The smallest absolute Gasteiger partial charge is 0.0830 e. The first-order valence-corrected chi connectivity index (χ1v) is 6.36. The minimum Gasteiger partial charge on any atom is -0.379 e. The van der Waals surface area contributed by atoms with E-state index >= 15 is 0 Å². The van der Waals surface area contributed by atoms with Crippen LogP contribution in [0.5, 0.6) is 0 Å². The van der Waals surface area contributed by atoms with Crippen LogP contribution in [0, 0.1) is 0 Å². The lowest BCUT2D eigenvalue weighted by Gasteiger charge is -2.29. The number of rotatable bonds is 5. The van der Waals surface area contributed by atoms with Gasteiger partial charge in [-0.15, -0.1) is 0 Å². The van der Waals surface area contributed by atoms with E-state index in [0.29, 0.717) is 13.2 Å². The van der Waals surface area contributed by atoms with Crippen molar-refractivity contribution in [2.24, 2.45) is 5.73 Å². The highest BCUT2D eigenvalue weighted by Gasteiger charge is 2.24. The molecular formula is C14H21NO2. The molecule has 1 aliphatic rings. The second kappa shape index (κ2) is 6.15. The zero-order valence-corrected chi connectivity index (χ0v) is 10.4. The molecule has 2 unspecified atom stereocenters. The number of hydrogen-bond donors (Lipinski definition) is 1. The molecule has 0 heterocycles. The summed E-state index contributed by atoms with van der Waals surface area (Å²) in [5, 5.41) is 0. The Kier molecular flexibility index (Phi) is 4.54. The summed E-state index contributed by atoms with van der Waals surface area (Å²) in [7, 11) is 0. The van der Waals surface area contributed by atoms with E-state index in [0.717, 1.165) is 19.4 Å². The number of fused-ring (bicyclic) bond motifs is 1. The molecule has 1 aromatic rings. The van der Waals surface area contributed by atoms with E-state index in [1.807, 2.05) is 13.0 Å². The Bertz CT molecular complexity index is 354. The zero-order chi connectivity index (χ0) is 12.1. The summed E-state index contributed by atoms with van der Waals surface area (Å²) in [6, 6.07) is 8.49. The molecule has 0 amide bonds. The quantitative estimate of drug-likeness (QED) is 0.798. The normalized spacial score (nSPS) is 23.4. The summed E-state index contributed by atoms with van der Waals surface area (Å²) < 4.78 is 11.2. The summed E-state index contributed by atoms with van der Waals surface area (Å²) in [6.45, 7) is 4.06. The fraction of sp³-hybridized carbons (Fsp3) is 0.571. The van der Waals surface area contributed by atoms with Crippen molar-refractivity contribution in [3.8, 4) is 0 Å². The second-order valence-electron chi connectivity index (χ2n) is 4.37. The van der Waals surface area contributed by atoms with Crippen LogP contribution >= 0.6 is 0 Å². The standard InChI is InChI=1S/C14H21NO2/c1-2-16-9-10-17-14-8-7-13(15)11-5-3-4-6-12(11)14/h3-6,13-14H,2,7-10,15H2,1H3.